The first-order valence-electron chi connectivity index (χ1n) is 7.91. The van der Waals surface area contributed by atoms with Gasteiger partial charge in [-0.25, -0.2) is 17.2 Å². The van der Waals surface area contributed by atoms with Crippen LogP contribution in [0.4, 0.5) is 8.78 Å². The van der Waals surface area contributed by atoms with Gasteiger partial charge in [-0.05, 0) is 35.9 Å². The van der Waals surface area contributed by atoms with Crippen molar-refractivity contribution in [1.82, 2.24) is 10.3 Å². The first kappa shape index (κ1) is 19.9. The van der Waals surface area contributed by atoms with Crippen LogP contribution in [0.1, 0.15) is 10.4 Å². The lowest BCUT2D eigenvalue weighted by molar-refractivity contribution is 0.0936. The molecular weight excluding hydrogens is 410 g/mol. The lowest BCUT2D eigenvalue weighted by Crippen LogP contribution is -2.42. The molecule has 3 aromatic rings. The van der Waals surface area contributed by atoms with E-state index in [1.54, 1.807) is 35.2 Å². The van der Waals surface area contributed by atoms with E-state index in [-0.39, 0.29) is 15.5 Å². The summed E-state index contributed by atoms with van der Waals surface area (Å²) in [7, 11) is -4.19. The molecule has 0 heterocycles. The molecular formula is C19H13ClF2N2O3S. The quantitative estimate of drug-likeness (QED) is 0.612. The van der Waals surface area contributed by atoms with E-state index < -0.39 is 33.1 Å². The maximum atomic E-state index is 14.8. The SMILES string of the molecule is O=C(NNS(=O)(=O)c1cccc(Cl)c1)c1c(F)ccc(-c2ccccc2)c1F. The second-order valence-electron chi connectivity index (χ2n) is 5.67. The van der Waals surface area contributed by atoms with Crippen LogP contribution in [0.3, 0.4) is 0 Å². The minimum atomic E-state index is -4.19. The summed E-state index contributed by atoms with van der Waals surface area (Å²) in [4.78, 5) is 13.8. The monoisotopic (exact) mass is 422 g/mol. The van der Waals surface area contributed by atoms with Crippen molar-refractivity contribution < 1.29 is 22.0 Å². The van der Waals surface area contributed by atoms with Crippen LogP contribution in [0.25, 0.3) is 11.1 Å². The predicted octanol–water partition coefficient (Wildman–Crippen LogP) is 3.91. The number of hydrogen-bond acceptors (Lipinski definition) is 3. The van der Waals surface area contributed by atoms with Gasteiger partial charge in [-0.2, -0.15) is 0 Å². The van der Waals surface area contributed by atoms with E-state index in [9.17, 15) is 22.0 Å². The molecule has 0 bridgehead atoms. The van der Waals surface area contributed by atoms with Crippen LogP contribution < -0.4 is 10.3 Å². The Morgan fingerprint density at radius 3 is 2.32 bits per heavy atom. The Bertz CT molecular complexity index is 1140. The van der Waals surface area contributed by atoms with Crippen molar-refractivity contribution in [3.8, 4) is 11.1 Å². The van der Waals surface area contributed by atoms with E-state index in [0.29, 0.717) is 5.56 Å². The fraction of sp³-hybridized carbons (Fsp3) is 0. The number of halogens is 3. The van der Waals surface area contributed by atoms with Crippen LogP contribution >= 0.6 is 11.6 Å². The minimum Gasteiger partial charge on any atom is -0.273 e. The fourth-order valence-electron chi connectivity index (χ4n) is 2.47. The number of rotatable bonds is 5. The zero-order valence-electron chi connectivity index (χ0n) is 14.1. The normalized spacial score (nSPS) is 11.2. The molecule has 3 rings (SSSR count). The maximum absolute atomic E-state index is 14.8. The molecule has 0 saturated heterocycles. The molecule has 0 saturated carbocycles. The summed E-state index contributed by atoms with van der Waals surface area (Å²) in [6.07, 6.45) is 0. The zero-order valence-corrected chi connectivity index (χ0v) is 15.7. The summed E-state index contributed by atoms with van der Waals surface area (Å²) in [5.41, 5.74) is 1.35. The van der Waals surface area contributed by atoms with E-state index in [2.05, 4.69) is 0 Å². The van der Waals surface area contributed by atoms with E-state index in [1.165, 1.54) is 24.3 Å². The van der Waals surface area contributed by atoms with Gasteiger partial charge in [0.1, 0.15) is 17.2 Å². The third-order valence-corrected chi connectivity index (χ3v) is 5.29. The summed E-state index contributed by atoms with van der Waals surface area (Å²) < 4.78 is 53.3. The average Bonchev–Trinajstić information content (AvgIpc) is 2.67. The van der Waals surface area contributed by atoms with E-state index in [1.807, 2.05) is 5.43 Å². The topological polar surface area (TPSA) is 75.3 Å². The standard InChI is InChI=1S/C19H13ClF2N2O3S/c20-13-7-4-8-14(11-13)28(26,27)24-23-19(25)17-16(21)10-9-15(18(17)22)12-5-2-1-3-6-12/h1-11,24H,(H,23,25). The molecule has 3 aromatic carbocycles. The largest absolute Gasteiger partial charge is 0.273 e. The number of carbonyl (C=O) groups is 1. The zero-order chi connectivity index (χ0) is 20.3. The Morgan fingerprint density at radius 1 is 0.929 bits per heavy atom. The van der Waals surface area contributed by atoms with Gasteiger partial charge in [-0.1, -0.05) is 48.0 Å². The molecule has 0 aliphatic rings. The van der Waals surface area contributed by atoms with Gasteiger partial charge >= 0.3 is 0 Å². The van der Waals surface area contributed by atoms with Crippen molar-refractivity contribution in [2.75, 3.05) is 0 Å². The number of carbonyl (C=O) groups excluding carboxylic acids is 1. The van der Waals surface area contributed by atoms with E-state index >= 15 is 0 Å². The van der Waals surface area contributed by atoms with Crippen molar-refractivity contribution in [2.45, 2.75) is 4.90 Å². The highest BCUT2D eigenvalue weighted by atomic mass is 35.5. The fourth-order valence-corrected chi connectivity index (χ4v) is 3.61. The smallest absolute Gasteiger partial charge is 0.272 e. The third-order valence-electron chi connectivity index (χ3n) is 3.81. The van der Waals surface area contributed by atoms with Crippen molar-refractivity contribution in [1.29, 1.82) is 0 Å². The van der Waals surface area contributed by atoms with Gasteiger partial charge < -0.3 is 0 Å². The molecule has 0 aliphatic carbocycles. The van der Waals surface area contributed by atoms with Crippen LogP contribution in [0.2, 0.25) is 5.02 Å². The highest BCUT2D eigenvalue weighted by Crippen LogP contribution is 2.26. The van der Waals surface area contributed by atoms with Gasteiger partial charge in [0.15, 0.2) is 0 Å². The number of hydrogen-bond donors (Lipinski definition) is 2. The molecule has 9 heteroatoms. The molecule has 0 radical (unpaired) electrons. The molecule has 0 atom stereocenters. The molecule has 2 N–H and O–H groups in total. The molecule has 0 unspecified atom stereocenters. The molecule has 0 aromatic heterocycles. The van der Waals surface area contributed by atoms with Crippen molar-refractivity contribution in [2.24, 2.45) is 0 Å². The number of amides is 1. The molecule has 1 amide bonds. The van der Waals surface area contributed by atoms with Crippen molar-refractivity contribution in [3.05, 3.63) is 89.0 Å². The van der Waals surface area contributed by atoms with Gasteiger partial charge in [-0.3, -0.25) is 10.2 Å². The highest BCUT2D eigenvalue weighted by molar-refractivity contribution is 7.89. The number of sulfonamides is 1. The number of hydrazine groups is 1. The van der Waals surface area contributed by atoms with Crippen LogP contribution in [-0.4, -0.2) is 14.3 Å². The Hall–Kier alpha value is -2.81. The Morgan fingerprint density at radius 2 is 1.64 bits per heavy atom. The second kappa shape index (κ2) is 8.05. The van der Waals surface area contributed by atoms with E-state index in [4.69, 9.17) is 11.6 Å². The average molecular weight is 423 g/mol. The maximum Gasteiger partial charge on any atom is 0.272 e. The summed E-state index contributed by atoms with van der Waals surface area (Å²) in [6.45, 7) is 0. The minimum absolute atomic E-state index is 0.00449. The first-order valence-corrected chi connectivity index (χ1v) is 9.77. The van der Waals surface area contributed by atoms with Crippen molar-refractivity contribution in [3.63, 3.8) is 0 Å². The molecule has 0 spiro atoms. The van der Waals surface area contributed by atoms with Crippen molar-refractivity contribution >= 4 is 27.5 Å². The van der Waals surface area contributed by atoms with Crippen LogP contribution in [0.15, 0.2) is 71.6 Å². The summed E-state index contributed by atoms with van der Waals surface area (Å²) in [5.74, 6) is -3.51. The van der Waals surface area contributed by atoms with Gasteiger partial charge in [0, 0.05) is 10.6 Å². The molecule has 0 fully saturated rings. The molecule has 0 aliphatic heterocycles. The lowest BCUT2D eigenvalue weighted by atomic mass is 10.0. The summed E-state index contributed by atoms with van der Waals surface area (Å²) in [5, 5.41) is 0.168. The Balaban J connectivity index is 1.87. The summed E-state index contributed by atoms with van der Waals surface area (Å²) >= 11 is 5.75. The summed E-state index contributed by atoms with van der Waals surface area (Å²) in [6, 6.07) is 15.7. The molecule has 5 nitrogen and oxygen atoms in total. The number of benzene rings is 3. The number of nitrogens with one attached hydrogen (secondary N) is 2. The molecule has 28 heavy (non-hydrogen) atoms. The van der Waals surface area contributed by atoms with Gasteiger partial charge in [0.05, 0.1) is 4.90 Å². The van der Waals surface area contributed by atoms with Crippen LogP contribution in [0, 0.1) is 11.6 Å². The highest BCUT2D eigenvalue weighted by Gasteiger charge is 2.23. The van der Waals surface area contributed by atoms with Crippen LogP contribution in [0.5, 0.6) is 0 Å². The lowest BCUT2D eigenvalue weighted by Gasteiger charge is -2.12. The van der Waals surface area contributed by atoms with Crippen LogP contribution in [-0.2, 0) is 10.0 Å². The third kappa shape index (κ3) is 4.19. The Kier molecular flexibility index (Phi) is 5.73. The Labute approximate surface area is 165 Å². The van der Waals surface area contributed by atoms with Gasteiger partial charge in [0.25, 0.3) is 15.9 Å². The second-order valence-corrected chi connectivity index (χ2v) is 7.79. The van der Waals surface area contributed by atoms with Gasteiger partial charge in [0.2, 0.25) is 0 Å². The predicted molar refractivity (Wildman–Crippen MR) is 101 cm³/mol. The van der Waals surface area contributed by atoms with E-state index in [0.717, 1.165) is 12.1 Å². The van der Waals surface area contributed by atoms with Gasteiger partial charge in [-0.15, -0.1) is 4.83 Å². The molecule has 144 valence electrons. The first-order chi connectivity index (χ1) is 13.3.